The van der Waals surface area contributed by atoms with E-state index in [1.54, 1.807) is 6.07 Å². The zero-order valence-electron chi connectivity index (χ0n) is 11.1. The number of aromatic amines is 1. The van der Waals surface area contributed by atoms with Crippen molar-refractivity contribution < 1.29 is 0 Å². The van der Waals surface area contributed by atoms with Crippen molar-refractivity contribution in [3.05, 3.63) is 22.9 Å². The maximum absolute atomic E-state index is 11.3. The highest BCUT2D eigenvalue weighted by Crippen LogP contribution is 2.27. The van der Waals surface area contributed by atoms with E-state index in [1.807, 2.05) is 0 Å². The van der Waals surface area contributed by atoms with E-state index in [4.69, 9.17) is 0 Å². The molecule has 1 saturated carbocycles. The second-order valence-electron chi connectivity index (χ2n) is 5.36. The third-order valence-corrected chi connectivity index (χ3v) is 4.04. The SMILES string of the molecule is CC(Nc1cc2n[nH]c(=O)n2cn1)C1CCCCC1. The highest BCUT2D eigenvalue weighted by molar-refractivity contribution is 5.48. The average molecular weight is 261 g/mol. The third-order valence-electron chi connectivity index (χ3n) is 4.04. The van der Waals surface area contributed by atoms with Gasteiger partial charge in [-0.2, -0.15) is 5.10 Å². The fraction of sp³-hybridized carbons (Fsp3) is 0.615. The molecule has 1 unspecified atom stereocenters. The van der Waals surface area contributed by atoms with Crippen LogP contribution < -0.4 is 11.0 Å². The minimum absolute atomic E-state index is 0.255. The average Bonchev–Trinajstić information content (AvgIpc) is 2.81. The highest BCUT2D eigenvalue weighted by atomic mass is 16.1. The Kier molecular flexibility index (Phi) is 3.23. The van der Waals surface area contributed by atoms with E-state index in [-0.39, 0.29) is 5.69 Å². The summed E-state index contributed by atoms with van der Waals surface area (Å²) in [5, 5.41) is 9.79. The van der Waals surface area contributed by atoms with E-state index < -0.39 is 0 Å². The van der Waals surface area contributed by atoms with Crippen LogP contribution in [0.25, 0.3) is 5.65 Å². The first-order valence-corrected chi connectivity index (χ1v) is 6.93. The van der Waals surface area contributed by atoms with Gasteiger partial charge in [-0.25, -0.2) is 19.3 Å². The summed E-state index contributed by atoms with van der Waals surface area (Å²) in [5.41, 5.74) is 0.340. The zero-order chi connectivity index (χ0) is 13.2. The van der Waals surface area contributed by atoms with Crippen molar-refractivity contribution in [3.63, 3.8) is 0 Å². The van der Waals surface area contributed by atoms with Crippen molar-refractivity contribution in [1.82, 2.24) is 19.6 Å². The topological polar surface area (TPSA) is 75.1 Å². The fourth-order valence-corrected chi connectivity index (χ4v) is 2.87. The second-order valence-corrected chi connectivity index (χ2v) is 5.36. The van der Waals surface area contributed by atoms with Crippen LogP contribution in [0.5, 0.6) is 0 Å². The quantitative estimate of drug-likeness (QED) is 0.883. The molecule has 0 aromatic carbocycles. The molecular formula is C13H19N5O. The Morgan fingerprint density at radius 2 is 2.21 bits per heavy atom. The summed E-state index contributed by atoms with van der Waals surface area (Å²) in [6, 6.07) is 2.21. The van der Waals surface area contributed by atoms with Crippen LogP contribution in [-0.4, -0.2) is 25.6 Å². The van der Waals surface area contributed by atoms with E-state index in [0.29, 0.717) is 17.6 Å². The lowest BCUT2D eigenvalue weighted by Gasteiger charge is -2.28. The Hall–Kier alpha value is -1.85. The van der Waals surface area contributed by atoms with Crippen molar-refractivity contribution >= 4 is 11.5 Å². The monoisotopic (exact) mass is 261 g/mol. The van der Waals surface area contributed by atoms with Crippen molar-refractivity contribution in [3.8, 4) is 0 Å². The Morgan fingerprint density at radius 1 is 1.42 bits per heavy atom. The number of nitrogens with zero attached hydrogens (tertiary/aromatic N) is 3. The van der Waals surface area contributed by atoms with Crippen LogP contribution in [0.1, 0.15) is 39.0 Å². The maximum Gasteiger partial charge on any atom is 0.348 e. The molecule has 1 atom stereocenters. The molecule has 1 aliphatic rings. The molecule has 0 aliphatic heterocycles. The minimum Gasteiger partial charge on any atom is -0.367 e. The number of rotatable bonds is 3. The fourth-order valence-electron chi connectivity index (χ4n) is 2.87. The van der Waals surface area contributed by atoms with Gasteiger partial charge in [-0.05, 0) is 25.7 Å². The van der Waals surface area contributed by atoms with Gasteiger partial charge in [0.25, 0.3) is 0 Å². The molecule has 0 amide bonds. The van der Waals surface area contributed by atoms with Gasteiger partial charge < -0.3 is 5.32 Å². The number of nitrogens with one attached hydrogen (secondary N) is 2. The summed E-state index contributed by atoms with van der Waals surface area (Å²) < 4.78 is 1.40. The molecule has 2 heterocycles. The molecule has 3 rings (SSSR count). The minimum atomic E-state index is -0.255. The van der Waals surface area contributed by atoms with Gasteiger partial charge in [0.2, 0.25) is 0 Å². The molecule has 6 nitrogen and oxygen atoms in total. The zero-order valence-corrected chi connectivity index (χ0v) is 11.1. The Morgan fingerprint density at radius 3 is 3.00 bits per heavy atom. The number of hydrogen-bond acceptors (Lipinski definition) is 4. The van der Waals surface area contributed by atoms with Gasteiger partial charge in [0, 0.05) is 12.1 Å². The highest BCUT2D eigenvalue weighted by Gasteiger charge is 2.20. The van der Waals surface area contributed by atoms with Gasteiger partial charge in [-0.15, -0.1) is 0 Å². The van der Waals surface area contributed by atoms with E-state index in [1.165, 1.54) is 42.8 Å². The number of hydrogen-bond donors (Lipinski definition) is 2. The summed E-state index contributed by atoms with van der Waals surface area (Å²) in [6.07, 6.45) is 8.12. The van der Waals surface area contributed by atoms with Gasteiger partial charge >= 0.3 is 5.69 Å². The summed E-state index contributed by atoms with van der Waals surface area (Å²) in [5.74, 6) is 1.50. The van der Waals surface area contributed by atoms with Crippen molar-refractivity contribution in [2.75, 3.05) is 5.32 Å². The van der Waals surface area contributed by atoms with E-state index >= 15 is 0 Å². The Labute approximate surface area is 111 Å². The first-order valence-electron chi connectivity index (χ1n) is 6.93. The van der Waals surface area contributed by atoms with Gasteiger partial charge in [-0.3, -0.25) is 0 Å². The van der Waals surface area contributed by atoms with Crippen molar-refractivity contribution in [2.24, 2.45) is 5.92 Å². The van der Waals surface area contributed by atoms with Gasteiger partial charge in [0.15, 0.2) is 5.65 Å². The summed E-state index contributed by atoms with van der Waals surface area (Å²) in [4.78, 5) is 15.6. The molecule has 2 aromatic heterocycles. The molecule has 0 bridgehead atoms. The smallest absolute Gasteiger partial charge is 0.348 e. The van der Waals surface area contributed by atoms with Crippen LogP contribution in [0.4, 0.5) is 5.82 Å². The van der Waals surface area contributed by atoms with Crippen LogP contribution in [0.15, 0.2) is 17.2 Å². The molecule has 0 radical (unpaired) electrons. The molecule has 102 valence electrons. The first-order chi connectivity index (χ1) is 9.24. The number of anilines is 1. The van der Waals surface area contributed by atoms with Gasteiger partial charge in [-0.1, -0.05) is 19.3 Å². The lowest BCUT2D eigenvalue weighted by molar-refractivity contribution is 0.328. The first kappa shape index (κ1) is 12.2. The van der Waals surface area contributed by atoms with Crippen molar-refractivity contribution in [1.29, 1.82) is 0 Å². The summed E-state index contributed by atoms with van der Waals surface area (Å²) in [7, 11) is 0. The normalized spacial score (nSPS) is 18.6. The van der Waals surface area contributed by atoms with E-state index in [9.17, 15) is 4.79 Å². The van der Waals surface area contributed by atoms with Crippen LogP contribution in [-0.2, 0) is 0 Å². The van der Waals surface area contributed by atoms with Gasteiger partial charge in [0.05, 0.1) is 0 Å². The predicted molar refractivity (Wildman–Crippen MR) is 73.3 cm³/mol. The maximum atomic E-state index is 11.3. The third kappa shape index (κ3) is 2.47. The largest absolute Gasteiger partial charge is 0.367 e. The van der Waals surface area contributed by atoms with Crippen LogP contribution >= 0.6 is 0 Å². The standard InChI is InChI=1S/C13H19N5O/c1-9(10-5-3-2-4-6-10)15-11-7-12-16-17-13(19)18(12)8-14-11/h7-10,15H,2-6H2,1H3,(H,17,19). The van der Waals surface area contributed by atoms with Crippen LogP contribution in [0.3, 0.4) is 0 Å². The molecule has 0 saturated heterocycles. The molecule has 0 spiro atoms. The number of fused-ring (bicyclic) bond motifs is 1. The van der Waals surface area contributed by atoms with E-state index in [2.05, 4.69) is 27.4 Å². The van der Waals surface area contributed by atoms with Crippen molar-refractivity contribution in [2.45, 2.75) is 45.1 Å². The van der Waals surface area contributed by atoms with Gasteiger partial charge in [0.1, 0.15) is 12.1 Å². The Balaban J connectivity index is 1.75. The lowest BCUT2D eigenvalue weighted by atomic mass is 9.84. The second kappa shape index (κ2) is 5.03. The number of H-pyrrole nitrogens is 1. The summed E-state index contributed by atoms with van der Waals surface area (Å²) in [6.45, 7) is 2.21. The molecule has 2 N–H and O–H groups in total. The van der Waals surface area contributed by atoms with Crippen LogP contribution in [0.2, 0.25) is 0 Å². The Bertz CT molecular complexity index is 611. The molecule has 19 heavy (non-hydrogen) atoms. The molecular weight excluding hydrogens is 242 g/mol. The molecule has 1 aliphatic carbocycles. The lowest BCUT2D eigenvalue weighted by Crippen LogP contribution is -2.28. The molecule has 6 heteroatoms. The van der Waals surface area contributed by atoms with Crippen LogP contribution in [0, 0.1) is 5.92 Å². The predicted octanol–water partition coefficient (Wildman–Crippen LogP) is 1.80. The molecule has 1 fully saturated rings. The van der Waals surface area contributed by atoms with E-state index in [0.717, 1.165) is 5.82 Å². The summed E-state index contributed by atoms with van der Waals surface area (Å²) >= 11 is 0. The number of aromatic nitrogens is 4. The molecule has 2 aromatic rings.